The summed E-state index contributed by atoms with van der Waals surface area (Å²) in [4.78, 5) is 27.4. The summed E-state index contributed by atoms with van der Waals surface area (Å²) in [6.45, 7) is 2.25. The van der Waals surface area contributed by atoms with Gasteiger partial charge in [0.2, 0.25) is 5.91 Å². The third-order valence-corrected chi connectivity index (χ3v) is 4.89. The number of amides is 1. The molecule has 0 aliphatic rings. The molecule has 0 fully saturated rings. The number of aryl methyl sites for hydroxylation is 2. The Morgan fingerprint density at radius 3 is 2.70 bits per heavy atom. The summed E-state index contributed by atoms with van der Waals surface area (Å²) in [5.74, 6) is 0.897. The summed E-state index contributed by atoms with van der Waals surface area (Å²) in [7, 11) is 1.72. The fourth-order valence-corrected chi connectivity index (χ4v) is 3.28. The van der Waals surface area contributed by atoms with Crippen LogP contribution in [0.15, 0.2) is 59.1 Å². The Balaban J connectivity index is 1.38. The number of nitrogens with zero attached hydrogens (tertiary/aromatic N) is 4. The molecule has 0 N–H and O–H groups in total. The van der Waals surface area contributed by atoms with Crippen molar-refractivity contribution in [3.05, 3.63) is 78.0 Å². The standard InChI is InChI=1S/C23H21FN4O2/c1-15-16-7-4-6-10-19(16)27-21(26-15)14-28(2)23(29)12-11-22-25-13-20(30-22)17-8-3-5-9-18(17)24/h3-10,13H,11-12,14H2,1-2H3. The lowest BCUT2D eigenvalue weighted by Gasteiger charge is -2.16. The van der Waals surface area contributed by atoms with Crippen molar-refractivity contribution in [3.8, 4) is 11.3 Å². The number of carbonyl (C=O) groups excluding carboxylic acids is 1. The second kappa shape index (κ2) is 8.41. The molecule has 152 valence electrons. The second-order valence-corrected chi connectivity index (χ2v) is 7.09. The first kappa shape index (κ1) is 19.7. The van der Waals surface area contributed by atoms with Crippen LogP contribution in [-0.2, 0) is 17.8 Å². The Kier molecular flexibility index (Phi) is 5.52. The molecule has 6 nitrogen and oxygen atoms in total. The van der Waals surface area contributed by atoms with Crippen LogP contribution in [0.3, 0.4) is 0 Å². The van der Waals surface area contributed by atoms with Gasteiger partial charge < -0.3 is 9.32 Å². The zero-order valence-electron chi connectivity index (χ0n) is 16.8. The Morgan fingerprint density at radius 2 is 1.87 bits per heavy atom. The van der Waals surface area contributed by atoms with Gasteiger partial charge in [-0.1, -0.05) is 30.3 Å². The molecule has 2 aromatic carbocycles. The van der Waals surface area contributed by atoms with E-state index in [4.69, 9.17) is 4.42 Å². The third kappa shape index (κ3) is 4.20. The first-order valence-corrected chi connectivity index (χ1v) is 9.67. The quantitative estimate of drug-likeness (QED) is 0.478. The number of aromatic nitrogens is 3. The molecule has 4 aromatic rings. The number of benzene rings is 2. The van der Waals surface area contributed by atoms with Gasteiger partial charge >= 0.3 is 0 Å². The third-order valence-electron chi connectivity index (χ3n) is 4.89. The van der Waals surface area contributed by atoms with Crippen molar-refractivity contribution in [1.29, 1.82) is 0 Å². The van der Waals surface area contributed by atoms with Crippen LogP contribution in [0.2, 0.25) is 0 Å². The highest BCUT2D eigenvalue weighted by Gasteiger charge is 2.15. The molecular weight excluding hydrogens is 383 g/mol. The number of carbonyl (C=O) groups is 1. The van der Waals surface area contributed by atoms with Crippen LogP contribution < -0.4 is 0 Å². The van der Waals surface area contributed by atoms with Gasteiger partial charge in [-0.15, -0.1) is 0 Å². The zero-order valence-corrected chi connectivity index (χ0v) is 16.8. The highest BCUT2D eigenvalue weighted by atomic mass is 19.1. The van der Waals surface area contributed by atoms with Crippen molar-refractivity contribution < 1.29 is 13.6 Å². The summed E-state index contributed by atoms with van der Waals surface area (Å²) in [5, 5.41) is 1.00. The normalized spacial score (nSPS) is 11.0. The Labute approximate surface area is 173 Å². The molecule has 2 aromatic heterocycles. The van der Waals surface area contributed by atoms with Gasteiger partial charge in [-0.2, -0.15) is 0 Å². The van der Waals surface area contributed by atoms with Crippen molar-refractivity contribution >= 4 is 16.8 Å². The van der Waals surface area contributed by atoms with Crippen molar-refractivity contribution in [2.24, 2.45) is 0 Å². The molecule has 0 bridgehead atoms. The van der Waals surface area contributed by atoms with E-state index >= 15 is 0 Å². The topological polar surface area (TPSA) is 72.1 Å². The average Bonchev–Trinajstić information content (AvgIpc) is 3.21. The molecule has 0 saturated carbocycles. The average molecular weight is 404 g/mol. The highest BCUT2D eigenvalue weighted by molar-refractivity contribution is 5.80. The molecule has 4 rings (SSSR count). The predicted octanol–water partition coefficient (Wildman–Crippen LogP) is 4.32. The molecular formula is C23H21FN4O2. The van der Waals surface area contributed by atoms with E-state index in [0.717, 1.165) is 16.6 Å². The minimum atomic E-state index is -0.373. The van der Waals surface area contributed by atoms with Gasteiger partial charge in [0.1, 0.15) is 11.6 Å². The maximum Gasteiger partial charge on any atom is 0.223 e. The highest BCUT2D eigenvalue weighted by Crippen LogP contribution is 2.23. The van der Waals surface area contributed by atoms with Crippen LogP contribution in [0.4, 0.5) is 4.39 Å². The van der Waals surface area contributed by atoms with Crippen LogP contribution in [0.5, 0.6) is 0 Å². The van der Waals surface area contributed by atoms with Crippen LogP contribution >= 0.6 is 0 Å². The van der Waals surface area contributed by atoms with Gasteiger partial charge in [-0.3, -0.25) is 4.79 Å². The van der Waals surface area contributed by atoms with E-state index in [1.165, 1.54) is 12.3 Å². The van der Waals surface area contributed by atoms with E-state index in [9.17, 15) is 9.18 Å². The molecule has 1 amide bonds. The van der Waals surface area contributed by atoms with Crippen LogP contribution in [0, 0.1) is 12.7 Å². The van der Waals surface area contributed by atoms with Gasteiger partial charge in [0.25, 0.3) is 0 Å². The van der Waals surface area contributed by atoms with Crippen LogP contribution in [0.25, 0.3) is 22.2 Å². The van der Waals surface area contributed by atoms with Crippen LogP contribution in [-0.4, -0.2) is 32.8 Å². The van der Waals surface area contributed by atoms with Crippen molar-refractivity contribution in [3.63, 3.8) is 0 Å². The summed E-state index contributed by atoms with van der Waals surface area (Å²) < 4.78 is 19.5. The largest absolute Gasteiger partial charge is 0.441 e. The monoisotopic (exact) mass is 404 g/mol. The molecule has 0 aliphatic carbocycles. The van der Waals surface area contributed by atoms with E-state index in [1.54, 1.807) is 30.1 Å². The lowest BCUT2D eigenvalue weighted by molar-refractivity contribution is -0.130. The van der Waals surface area contributed by atoms with Crippen molar-refractivity contribution in [1.82, 2.24) is 19.9 Å². The Hall–Kier alpha value is -3.61. The van der Waals surface area contributed by atoms with Crippen molar-refractivity contribution in [2.45, 2.75) is 26.3 Å². The number of hydrogen-bond donors (Lipinski definition) is 0. The molecule has 0 unspecified atom stereocenters. The molecule has 2 heterocycles. The van der Waals surface area contributed by atoms with Crippen molar-refractivity contribution in [2.75, 3.05) is 7.05 Å². The van der Waals surface area contributed by atoms with Gasteiger partial charge in [-0.25, -0.2) is 19.3 Å². The smallest absolute Gasteiger partial charge is 0.223 e. The minimum Gasteiger partial charge on any atom is -0.441 e. The first-order valence-electron chi connectivity index (χ1n) is 9.67. The summed E-state index contributed by atoms with van der Waals surface area (Å²) in [6.07, 6.45) is 2.03. The zero-order chi connectivity index (χ0) is 21.1. The molecule has 30 heavy (non-hydrogen) atoms. The van der Waals surface area contributed by atoms with E-state index in [0.29, 0.717) is 36.0 Å². The van der Waals surface area contributed by atoms with Gasteiger partial charge in [0, 0.05) is 31.0 Å². The van der Waals surface area contributed by atoms with E-state index < -0.39 is 0 Å². The predicted molar refractivity (Wildman–Crippen MR) is 111 cm³/mol. The molecule has 0 aliphatic heterocycles. The fraction of sp³-hybridized carbons (Fsp3) is 0.217. The number of rotatable bonds is 6. The van der Waals surface area contributed by atoms with E-state index in [-0.39, 0.29) is 18.1 Å². The van der Waals surface area contributed by atoms with E-state index in [2.05, 4.69) is 15.0 Å². The van der Waals surface area contributed by atoms with Crippen LogP contribution in [0.1, 0.15) is 23.8 Å². The summed E-state index contributed by atoms with van der Waals surface area (Å²) in [5.41, 5.74) is 2.10. The minimum absolute atomic E-state index is 0.0740. The lowest BCUT2D eigenvalue weighted by Crippen LogP contribution is -2.27. The lowest BCUT2D eigenvalue weighted by atomic mass is 10.2. The SMILES string of the molecule is Cc1nc(CN(C)C(=O)CCc2ncc(-c3ccccc3F)o2)nc2ccccc12. The maximum absolute atomic E-state index is 13.9. The number of fused-ring (bicyclic) bond motifs is 1. The van der Waals surface area contributed by atoms with Gasteiger partial charge in [0.15, 0.2) is 11.7 Å². The maximum atomic E-state index is 13.9. The van der Waals surface area contributed by atoms with Gasteiger partial charge in [-0.05, 0) is 25.1 Å². The number of halogens is 1. The molecule has 0 spiro atoms. The number of hydrogen-bond acceptors (Lipinski definition) is 5. The molecule has 0 atom stereocenters. The summed E-state index contributed by atoms with van der Waals surface area (Å²) >= 11 is 0. The Morgan fingerprint density at radius 1 is 1.10 bits per heavy atom. The second-order valence-electron chi connectivity index (χ2n) is 7.09. The molecule has 0 saturated heterocycles. The Bertz CT molecular complexity index is 1200. The molecule has 7 heteroatoms. The van der Waals surface area contributed by atoms with Gasteiger partial charge in [0.05, 0.1) is 23.8 Å². The van der Waals surface area contributed by atoms with E-state index in [1.807, 2.05) is 31.2 Å². The number of para-hydroxylation sites is 1. The first-order chi connectivity index (χ1) is 14.5. The summed E-state index contributed by atoms with van der Waals surface area (Å²) in [6, 6.07) is 14.1. The molecule has 0 radical (unpaired) electrons. The fourth-order valence-electron chi connectivity index (χ4n) is 3.28. The number of oxazole rings is 1.